The van der Waals surface area contributed by atoms with Crippen molar-refractivity contribution in [1.82, 2.24) is 9.78 Å². The van der Waals surface area contributed by atoms with Gasteiger partial charge in [-0.15, -0.1) is 0 Å². The van der Waals surface area contributed by atoms with E-state index < -0.39 is 17.1 Å². The van der Waals surface area contributed by atoms with Gasteiger partial charge >= 0.3 is 5.97 Å². The smallest absolute Gasteiger partial charge is 0.360 e. The number of carboxylic acid groups (broad SMARTS) is 1. The summed E-state index contributed by atoms with van der Waals surface area (Å²) in [4.78, 5) is 23.3. The topological polar surface area (TPSA) is 72.2 Å². The van der Waals surface area contributed by atoms with E-state index in [2.05, 4.69) is 27.7 Å². The van der Waals surface area contributed by atoms with Crippen LogP contribution in [-0.4, -0.2) is 20.9 Å². The number of rotatable bonds is 3. The van der Waals surface area contributed by atoms with Gasteiger partial charge in [0, 0.05) is 15.3 Å². The number of halogens is 2. The van der Waals surface area contributed by atoms with Crippen LogP contribution in [0.15, 0.2) is 29.2 Å². The normalized spacial score (nSPS) is 10.9. The van der Waals surface area contributed by atoms with Crippen LogP contribution in [0.25, 0.3) is 5.69 Å². The molecule has 0 fully saturated rings. The van der Waals surface area contributed by atoms with Gasteiger partial charge in [-0.3, -0.25) is 4.79 Å². The number of carbonyl (C=O) groups is 1. The average Bonchev–Trinajstić information content (AvgIpc) is 2.38. The molecule has 2 rings (SSSR count). The monoisotopic (exact) mass is 418 g/mol. The average molecular weight is 419 g/mol. The molecule has 0 aliphatic carbocycles. The third kappa shape index (κ3) is 3.26. The van der Waals surface area contributed by atoms with Gasteiger partial charge in [-0.25, -0.2) is 9.48 Å². The Morgan fingerprint density at radius 2 is 2.10 bits per heavy atom. The van der Waals surface area contributed by atoms with Gasteiger partial charge in [0.15, 0.2) is 0 Å². The van der Waals surface area contributed by atoms with Gasteiger partial charge in [0.05, 0.1) is 10.7 Å². The van der Waals surface area contributed by atoms with Gasteiger partial charge in [0.2, 0.25) is 11.1 Å². The third-order valence-electron chi connectivity index (χ3n) is 2.93. The van der Waals surface area contributed by atoms with E-state index in [0.29, 0.717) is 16.3 Å². The van der Waals surface area contributed by atoms with E-state index in [-0.39, 0.29) is 5.92 Å². The molecule has 0 aliphatic heterocycles. The van der Waals surface area contributed by atoms with Gasteiger partial charge in [0.25, 0.3) is 0 Å². The molecule has 0 bridgehead atoms. The Balaban J connectivity index is 2.75. The largest absolute Gasteiger partial charge is 0.476 e. The number of aromatic nitrogens is 2. The first-order valence-corrected chi connectivity index (χ1v) is 7.59. The van der Waals surface area contributed by atoms with E-state index >= 15 is 0 Å². The first-order chi connectivity index (χ1) is 9.81. The van der Waals surface area contributed by atoms with Gasteiger partial charge in [0.1, 0.15) is 0 Å². The van der Waals surface area contributed by atoms with Crippen molar-refractivity contribution in [3.63, 3.8) is 0 Å². The second-order valence-electron chi connectivity index (χ2n) is 4.76. The van der Waals surface area contributed by atoms with Crippen LogP contribution >= 0.6 is 34.2 Å². The highest BCUT2D eigenvalue weighted by atomic mass is 127. The molecule has 0 spiro atoms. The third-order valence-corrected chi connectivity index (χ3v) is 3.90. The molecule has 0 atom stereocenters. The van der Waals surface area contributed by atoms with Gasteiger partial charge < -0.3 is 5.11 Å². The van der Waals surface area contributed by atoms with E-state index in [1.807, 2.05) is 19.9 Å². The first-order valence-electron chi connectivity index (χ1n) is 6.14. The molecule has 110 valence electrons. The van der Waals surface area contributed by atoms with E-state index in [4.69, 9.17) is 16.7 Å². The maximum Gasteiger partial charge on any atom is 0.360 e. The second kappa shape index (κ2) is 6.15. The Hall–Kier alpha value is -1.41. The lowest BCUT2D eigenvalue weighted by molar-refractivity contribution is 0.0686. The summed E-state index contributed by atoms with van der Waals surface area (Å²) in [5.74, 6) is -1.47. The van der Waals surface area contributed by atoms with Crippen LogP contribution in [-0.2, 0) is 0 Å². The quantitative estimate of drug-likeness (QED) is 0.776. The van der Waals surface area contributed by atoms with Gasteiger partial charge in [-0.2, -0.15) is 5.10 Å². The number of carboxylic acids is 1. The van der Waals surface area contributed by atoms with Crippen LogP contribution in [0.5, 0.6) is 0 Å². The molecule has 0 amide bonds. The van der Waals surface area contributed by atoms with Crippen molar-refractivity contribution < 1.29 is 9.90 Å². The Morgan fingerprint density at radius 3 is 2.62 bits per heavy atom. The minimum Gasteiger partial charge on any atom is -0.476 e. The SMILES string of the molecule is CC(C)c1cn(-c2ccc(I)cc2Cl)nc(C(=O)O)c1=O. The van der Waals surface area contributed by atoms with E-state index in [1.54, 1.807) is 12.1 Å². The van der Waals surface area contributed by atoms with Crippen molar-refractivity contribution in [2.24, 2.45) is 0 Å². The van der Waals surface area contributed by atoms with Crippen LogP contribution in [0.3, 0.4) is 0 Å². The molecule has 0 unspecified atom stereocenters. The highest BCUT2D eigenvalue weighted by Gasteiger charge is 2.18. The van der Waals surface area contributed by atoms with E-state index in [0.717, 1.165) is 3.57 Å². The molecule has 5 nitrogen and oxygen atoms in total. The maximum absolute atomic E-state index is 12.1. The molecular weight excluding hydrogens is 407 g/mol. The van der Waals surface area contributed by atoms with Crippen molar-refractivity contribution in [3.8, 4) is 5.69 Å². The minimum absolute atomic E-state index is 0.118. The van der Waals surface area contributed by atoms with E-state index in [9.17, 15) is 9.59 Å². The van der Waals surface area contributed by atoms with Gasteiger partial charge in [-0.05, 0) is 46.7 Å². The fourth-order valence-corrected chi connectivity index (χ4v) is 2.79. The van der Waals surface area contributed by atoms with Crippen molar-refractivity contribution in [1.29, 1.82) is 0 Å². The molecule has 1 heterocycles. The lowest BCUT2D eigenvalue weighted by Gasteiger charge is -2.12. The van der Waals surface area contributed by atoms with Gasteiger partial charge in [-0.1, -0.05) is 25.4 Å². The zero-order valence-electron chi connectivity index (χ0n) is 11.3. The number of aromatic carboxylic acids is 1. The molecule has 1 aromatic heterocycles. The van der Waals surface area contributed by atoms with Crippen LogP contribution in [0.4, 0.5) is 0 Å². The lowest BCUT2D eigenvalue weighted by atomic mass is 10.0. The fourth-order valence-electron chi connectivity index (χ4n) is 1.85. The summed E-state index contributed by atoms with van der Waals surface area (Å²) in [6.07, 6.45) is 1.54. The molecule has 1 N–H and O–H groups in total. The van der Waals surface area contributed by atoms with Crippen molar-refractivity contribution >= 4 is 40.2 Å². The fraction of sp³-hybridized carbons (Fsp3) is 0.214. The molecule has 2 aromatic rings. The molecular formula is C14H12ClIN2O3. The molecule has 7 heteroatoms. The van der Waals surface area contributed by atoms with E-state index in [1.165, 1.54) is 10.9 Å². The maximum atomic E-state index is 12.1. The summed E-state index contributed by atoms with van der Waals surface area (Å²) in [7, 11) is 0. The number of hydrogen-bond acceptors (Lipinski definition) is 3. The predicted molar refractivity (Wildman–Crippen MR) is 88.6 cm³/mol. The Morgan fingerprint density at radius 1 is 1.43 bits per heavy atom. The number of hydrogen-bond donors (Lipinski definition) is 1. The summed E-state index contributed by atoms with van der Waals surface area (Å²) in [6.45, 7) is 3.64. The standard InChI is InChI=1S/C14H12ClIN2O3/c1-7(2)9-6-18(17-12(13(9)19)14(20)21)11-4-3-8(16)5-10(11)15/h3-7H,1-2H3,(H,20,21). The highest BCUT2D eigenvalue weighted by Crippen LogP contribution is 2.23. The summed E-state index contributed by atoms with van der Waals surface area (Å²) in [6, 6.07) is 5.31. The number of nitrogens with zero attached hydrogens (tertiary/aromatic N) is 2. The predicted octanol–water partition coefficient (Wildman–Crippen LogP) is 3.31. The van der Waals surface area contributed by atoms with Crippen molar-refractivity contribution in [2.45, 2.75) is 19.8 Å². The summed E-state index contributed by atoms with van der Waals surface area (Å²) >= 11 is 8.30. The zero-order chi connectivity index (χ0) is 15.7. The summed E-state index contributed by atoms with van der Waals surface area (Å²) < 4.78 is 2.29. The lowest BCUT2D eigenvalue weighted by Crippen LogP contribution is -2.25. The molecule has 21 heavy (non-hydrogen) atoms. The Bertz CT molecular complexity index is 771. The molecule has 0 saturated carbocycles. The minimum atomic E-state index is -1.35. The Kier molecular flexibility index (Phi) is 4.67. The second-order valence-corrected chi connectivity index (χ2v) is 6.42. The molecule has 0 saturated heterocycles. The first kappa shape index (κ1) is 16.0. The Labute approximate surface area is 139 Å². The molecule has 1 aromatic carbocycles. The van der Waals surface area contributed by atoms with Crippen LogP contribution in [0.2, 0.25) is 5.02 Å². The van der Waals surface area contributed by atoms with Crippen LogP contribution in [0.1, 0.15) is 35.8 Å². The number of benzene rings is 1. The summed E-state index contributed by atoms with van der Waals surface area (Å²) in [5.41, 5.74) is -0.148. The molecule has 0 radical (unpaired) electrons. The highest BCUT2D eigenvalue weighted by molar-refractivity contribution is 14.1. The van der Waals surface area contributed by atoms with Crippen molar-refractivity contribution in [3.05, 3.63) is 54.5 Å². The molecule has 0 aliphatic rings. The van der Waals surface area contributed by atoms with Crippen LogP contribution < -0.4 is 5.43 Å². The zero-order valence-corrected chi connectivity index (χ0v) is 14.2. The van der Waals surface area contributed by atoms with Crippen LogP contribution in [0, 0.1) is 3.57 Å². The van der Waals surface area contributed by atoms with Crippen molar-refractivity contribution in [2.75, 3.05) is 0 Å². The summed E-state index contributed by atoms with van der Waals surface area (Å²) in [5, 5.41) is 13.5.